The van der Waals surface area contributed by atoms with E-state index in [1.54, 1.807) is 19.4 Å². The Morgan fingerprint density at radius 3 is 2.93 bits per heavy atom. The molecule has 0 unspecified atom stereocenters. The highest BCUT2D eigenvalue weighted by atomic mass is 16.5. The van der Waals surface area contributed by atoms with Gasteiger partial charge in [0, 0.05) is 12.3 Å². The Labute approximate surface area is 87.9 Å². The molecular formula is C11H13NO3. The first-order chi connectivity index (χ1) is 7.16. The maximum absolute atomic E-state index is 11.0. The van der Waals surface area contributed by atoms with E-state index < -0.39 is 11.4 Å². The van der Waals surface area contributed by atoms with Crippen LogP contribution in [0.2, 0.25) is 0 Å². The molecule has 1 N–H and O–H groups in total. The molecular weight excluding hydrogens is 194 g/mol. The third kappa shape index (κ3) is 1.93. The molecule has 15 heavy (non-hydrogen) atoms. The van der Waals surface area contributed by atoms with Gasteiger partial charge in [0.1, 0.15) is 0 Å². The second-order valence-electron chi connectivity index (χ2n) is 3.97. The molecule has 1 aliphatic carbocycles. The average molecular weight is 207 g/mol. The number of hydrogen-bond acceptors (Lipinski definition) is 3. The molecule has 2 rings (SSSR count). The van der Waals surface area contributed by atoms with Gasteiger partial charge >= 0.3 is 5.97 Å². The molecule has 1 aromatic heterocycles. The largest absolute Gasteiger partial charge is 0.481 e. The monoisotopic (exact) mass is 207 g/mol. The van der Waals surface area contributed by atoms with Crippen molar-refractivity contribution in [2.45, 2.75) is 19.3 Å². The molecule has 0 amide bonds. The van der Waals surface area contributed by atoms with E-state index in [-0.39, 0.29) is 0 Å². The van der Waals surface area contributed by atoms with Gasteiger partial charge in [-0.1, -0.05) is 0 Å². The van der Waals surface area contributed by atoms with E-state index in [0.717, 1.165) is 18.4 Å². The van der Waals surface area contributed by atoms with Crippen LogP contribution in [0.3, 0.4) is 0 Å². The summed E-state index contributed by atoms with van der Waals surface area (Å²) in [5.41, 5.74) is 0.452. The van der Waals surface area contributed by atoms with Crippen LogP contribution < -0.4 is 4.74 Å². The van der Waals surface area contributed by atoms with Crippen LogP contribution in [0.15, 0.2) is 18.3 Å². The van der Waals surface area contributed by atoms with Gasteiger partial charge in [0.15, 0.2) is 0 Å². The second-order valence-corrected chi connectivity index (χ2v) is 3.97. The molecule has 4 nitrogen and oxygen atoms in total. The second kappa shape index (κ2) is 3.53. The number of rotatable bonds is 4. The molecule has 0 spiro atoms. The number of ether oxygens (including phenoxy) is 1. The predicted molar refractivity (Wildman–Crippen MR) is 53.8 cm³/mol. The molecule has 0 aromatic carbocycles. The van der Waals surface area contributed by atoms with Crippen molar-refractivity contribution in [3.8, 4) is 5.88 Å². The van der Waals surface area contributed by atoms with Crippen LogP contribution in [0.5, 0.6) is 5.88 Å². The summed E-state index contributed by atoms with van der Waals surface area (Å²) < 4.78 is 4.99. The van der Waals surface area contributed by atoms with E-state index in [1.165, 1.54) is 0 Å². The normalized spacial score (nSPS) is 17.1. The Balaban J connectivity index is 2.14. The third-order valence-electron chi connectivity index (χ3n) is 2.86. The molecule has 1 aliphatic rings. The molecule has 1 saturated carbocycles. The zero-order valence-corrected chi connectivity index (χ0v) is 8.56. The number of aliphatic carboxylic acids is 1. The highest BCUT2D eigenvalue weighted by Gasteiger charge is 2.49. The van der Waals surface area contributed by atoms with Gasteiger partial charge < -0.3 is 9.84 Å². The zero-order chi connectivity index (χ0) is 10.9. The van der Waals surface area contributed by atoms with Crippen molar-refractivity contribution in [3.05, 3.63) is 23.9 Å². The molecule has 1 fully saturated rings. The lowest BCUT2D eigenvalue weighted by atomic mass is 9.97. The fourth-order valence-corrected chi connectivity index (χ4v) is 1.68. The fraction of sp³-hybridized carbons (Fsp3) is 0.455. The Morgan fingerprint density at radius 1 is 1.67 bits per heavy atom. The summed E-state index contributed by atoms with van der Waals surface area (Å²) in [6.45, 7) is 0. The fourth-order valence-electron chi connectivity index (χ4n) is 1.68. The quantitative estimate of drug-likeness (QED) is 0.812. The number of aromatic nitrogens is 1. The Morgan fingerprint density at radius 2 is 2.40 bits per heavy atom. The van der Waals surface area contributed by atoms with Crippen LogP contribution in [0, 0.1) is 5.41 Å². The maximum atomic E-state index is 11.0. The van der Waals surface area contributed by atoms with Crippen molar-refractivity contribution in [3.63, 3.8) is 0 Å². The van der Waals surface area contributed by atoms with Crippen molar-refractivity contribution in [1.29, 1.82) is 0 Å². The van der Waals surface area contributed by atoms with E-state index in [1.807, 2.05) is 6.07 Å². The maximum Gasteiger partial charge on any atom is 0.309 e. The first-order valence-electron chi connectivity index (χ1n) is 4.89. The molecule has 0 bridgehead atoms. The molecule has 0 aliphatic heterocycles. The van der Waals surface area contributed by atoms with Crippen LogP contribution in [0.4, 0.5) is 0 Å². The number of carbonyl (C=O) groups is 1. The van der Waals surface area contributed by atoms with Gasteiger partial charge in [0.05, 0.1) is 12.5 Å². The van der Waals surface area contributed by atoms with E-state index >= 15 is 0 Å². The third-order valence-corrected chi connectivity index (χ3v) is 2.86. The number of hydrogen-bond donors (Lipinski definition) is 1. The molecule has 0 radical (unpaired) electrons. The first-order valence-corrected chi connectivity index (χ1v) is 4.89. The number of pyridine rings is 1. The van der Waals surface area contributed by atoms with E-state index in [9.17, 15) is 4.79 Å². The zero-order valence-electron chi connectivity index (χ0n) is 8.56. The van der Waals surface area contributed by atoms with Crippen LogP contribution >= 0.6 is 0 Å². The van der Waals surface area contributed by atoms with Crippen LogP contribution in [0.25, 0.3) is 0 Å². The number of methoxy groups -OCH3 is 1. The smallest absolute Gasteiger partial charge is 0.309 e. The van der Waals surface area contributed by atoms with Crippen LogP contribution in [0.1, 0.15) is 18.4 Å². The van der Waals surface area contributed by atoms with Crippen molar-refractivity contribution >= 4 is 5.97 Å². The van der Waals surface area contributed by atoms with Gasteiger partial charge in [0.2, 0.25) is 5.88 Å². The number of carboxylic acids is 1. The minimum absolute atomic E-state index is 0.521. The molecule has 0 saturated heterocycles. The van der Waals surface area contributed by atoms with Gasteiger partial charge in [-0.15, -0.1) is 0 Å². The topological polar surface area (TPSA) is 59.4 Å². The standard InChI is InChI=1S/C11H13NO3/c1-15-9-6-8(2-5-12-9)7-11(3-4-11)10(13)14/h2,5-6H,3-4,7H2,1H3,(H,13,14). The summed E-state index contributed by atoms with van der Waals surface area (Å²) in [5.74, 6) is -0.160. The molecule has 1 aromatic rings. The summed E-state index contributed by atoms with van der Waals surface area (Å²) in [6, 6.07) is 3.63. The molecule has 0 atom stereocenters. The first kappa shape index (κ1) is 9.96. The predicted octanol–water partition coefficient (Wildman–Crippen LogP) is 1.50. The Bertz CT molecular complexity index is 385. The highest BCUT2D eigenvalue weighted by molar-refractivity contribution is 5.78. The van der Waals surface area contributed by atoms with Crippen molar-refractivity contribution in [2.75, 3.05) is 7.11 Å². The van der Waals surface area contributed by atoms with Crippen LogP contribution in [-0.2, 0) is 11.2 Å². The molecule has 80 valence electrons. The van der Waals surface area contributed by atoms with Crippen molar-refractivity contribution < 1.29 is 14.6 Å². The Hall–Kier alpha value is -1.58. The van der Waals surface area contributed by atoms with E-state index in [2.05, 4.69) is 4.98 Å². The van der Waals surface area contributed by atoms with Crippen molar-refractivity contribution in [2.24, 2.45) is 5.41 Å². The summed E-state index contributed by atoms with van der Waals surface area (Å²) in [6.07, 6.45) is 3.76. The summed E-state index contributed by atoms with van der Waals surface area (Å²) in [7, 11) is 1.55. The van der Waals surface area contributed by atoms with Crippen molar-refractivity contribution in [1.82, 2.24) is 4.98 Å². The van der Waals surface area contributed by atoms with Gasteiger partial charge in [-0.2, -0.15) is 0 Å². The van der Waals surface area contributed by atoms with Gasteiger partial charge in [-0.3, -0.25) is 4.79 Å². The summed E-state index contributed by atoms with van der Waals surface area (Å²) in [5, 5.41) is 9.04. The van der Waals surface area contributed by atoms with E-state index in [4.69, 9.17) is 9.84 Å². The van der Waals surface area contributed by atoms with Gasteiger partial charge in [0.25, 0.3) is 0 Å². The Kier molecular flexibility index (Phi) is 2.34. The summed E-state index contributed by atoms with van der Waals surface area (Å²) >= 11 is 0. The average Bonchev–Trinajstić information content (AvgIpc) is 2.99. The molecule has 1 heterocycles. The molecule has 4 heteroatoms. The lowest BCUT2D eigenvalue weighted by Crippen LogP contribution is -2.17. The number of nitrogens with zero attached hydrogens (tertiary/aromatic N) is 1. The summed E-state index contributed by atoms with van der Waals surface area (Å²) in [4.78, 5) is 15.0. The SMILES string of the molecule is COc1cc(CC2(C(=O)O)CC2)ccn1. The minimum atomic E-state index is -0.696. The van der Waals surface area contributed by atoms with Gasteiger partial charge in [-0.25, -0.2) is 4.98 Å². The highest BCUT2D eigenvalue weighted by Crippen LogP contribution is 2.48. The van der Waals surface area contributed by atoms with Crippen LogP contribution in [-0.4, -0.2) is 23.2 Å². The minimum Gasteiger partial charge on any atom is -0.481 e. The number of carboxylic acid groups (broad SMARTS) is 1. The lowest BCUT2D eigenvalue weighted by molar-refractivity contribution is -0.143. The lowest BCUT2D eigenvalue weighted by Gasteiger charge is -2.09. The van der Waals surface area contributed by atoms with Gasteiger partial charge in [-0.05, 0) is 30.9 Å². The van der Waals surface area contributed by atoms with E-state index in [0.29, 0.717) is 12.3 Å².